The topological polar surface area (TPSA) is 94.1 Å². The van der Waals surface area contributed by atoms with Crippen LogP contribution in [0.2, 0.25) is 0 Å². The Labute approximate surface area is 260 Å². The van der Waals surface area contributed by atoms with Gasteiger partial charge in [-0.05, 0) is 35.7 Å². The van der Waals surface area contributed by atoms with Gasteiger partial charge in [0.25, 0.3) is 5.56 Å². The van der Waals surface area contributed by atoms with Crippen LogP contribution < -0.4 is 15.6 Å². The largest absolute Gasteiger partial charge is 0.497 e. The summed E-state index contributed by atoms with van der Waals surface area (Å²) in [5, 5.41) is 3.52. The van der Waals surface area contributed by atoms with Gasteiger partial charge in [-0.2, -0.15) is 4.98 Å². The summed E-state index contributed by atoms with van der Waals surface area (Å²) in [6.45, 7) is 2.78. The van der Waals surface area contributed by atoms with Gasteiger partial charge in [0.15, 0.2) is 23.1 Å². The summed E-state index contributed by atoms with van der Waals surface area (Å²) in [7, 11) is 1.60. The number of nitrogens with one attached hydrogen (secondary N) is 2. The standard InChI is InChI=1S/C32H30F2IN5O3/c1-20-30(2,33)28(43-31(20,34)18-35)40-19-36-25-26(40)37-29(38-27(25)41)39-32(21-10-6-4-7-11-21,22-12-8-5-9-13-22)23-14-16-24(42-3)17-15-23/h4-17,19-20,28H,18H2,1-3H3,(H2,37,38,39,41)/t20-,28+,30+,31+/m0/s1. The zero-order chi connectivity index (χ0) is 30.4. The summed E-state index contributed by atoms with van der Waals surface area (Å²) in [4.78, 5) is 25.1. The molecule has 5 aromatic rings. The number of aromatic amines is 1. The minimum absolute atomic E-state index is 0.0158. The van der Waals surface area contributed by atoms with Crippen LogP contribution in [0, 0.1) is 5.92 Å². The van der Waals surface area contributed by atoms with Crippen LogP contribution in [0.1, 0.15) is 36.8 Å². The third-order valence-electron chi connectivity index (χ3n) is 8.39. The molecule has 0 bridgehead atoms. The number of hydrogen-bond acceptors (Lipinski definition) is 6. The van der Waals surface area contributed by atoms with E-state index >= 15 is 8.78 Å². The lowest BCUT2D eigenvalue weighted by molar-refractivity contribution is -0.153. The number of benzene rings is 3. The number of methoxy groups -OCH3 is 1. The van der Waals surface area contributed by atoms with Crippen molar-refractivity contribution < 1.29 is 18.3 Å². The molecule has 0 amide bonds. The van der Waals surface area contributed by atoms with E-state index in [4.69, 9.17) is 14.5 Å². The van der Waals surface area contributed by atoms with E-state index in [0.717, 1.165) is 16.7 Å². The molecule has 3 aromatic carbocycles. The first kappa shape index (κ1) is 29.2. The van der Waals surface area contributed by atoms with Crippen LogP contribution in [0.4, 0.5) is 14.7 Å². The lowest BCUT2D eigenvalue weighted by Gasteiger charge is -2.37. The molecule has 1 fully saturated rings. The maximum atomic E-state index is 16.1. The van der Waals surface area contributed by atoms with E-state index in [2.05, 4.69) is 15.3 Å². The Kier molecular flexibility index (Phi) is 7.49. The van der Waals surface area contributed by atoms with E-state index < -0.39 is 34.8 Å². The van der Waals surface area contributed by atoms with Crippen molar-refractivity contribution in [2.24, 2.45) is 5.92 Å². The SMILES string of the molecule is COc1ccc(C(Nc2nc3c(ncn3[C@@H]3O[C@](F)(CI)[C@@H](C)[C@@]3(C)F)c(=O)[nH]2)(c2ccccc2)c2ccccc2)cc1. The van der Waals surface area contributed by atoms with E-state index in [1.807, 2.05) is 108 Å². The molecule has 2 aromatic heterocycles. The smallest absolute Gasteiger partial charge is 0.280 e. The van der Waals surface area contributed by atoms with Gasteiger partial charge in [0, 0.05) is 0 Å². The summed E-state index contributed by atoms with van der Waals surface area (Å²) in [5.41, 5.74) is -1.05. The maximum absolute atomic E-state index is 16.1. The number of alkyl halides is 3. The first-order valence-corrected chi connectivity index (χ1v) is 15.3. The van der Waals surface area contributed by atoms with Crippen LogP contribution in [0.5, 0.6) is 5.75 Å². The zero-order valence-corrected chi connectivity index (χ0v) is 25.9. The fraction of sp³-hybridized carbons (Fsp3) is 0.281. The van der Waals surface area contributed by atoms with Crippen LogP contribution in [0.3, 0.4) is 0 Å². The van der Waals surface area contributed by atoms with Gasteiger partial charge in [-0.15, -0.1) is 0 Å². The van der Waals surface area contributed by atoms with E-state index in [1.54, 1.807) is 7.11 Å². The Morgan fingerprint density at radius 1 is 1.02 bits per heavy atom. The molecule has 222 valence electrons. The first-order valence-electron chi connectivity index (χ1n) is 13.8. The lowest BCUT2D eigenvalue weighted by Crippen LogP contribution is -2.39. The molecule has 0 aliphatic carbocycles. The van der Waals surface area contributed by atoms with Crippen molar-refractivity contribution in [3.8, 4) is 5.75 Å². The summed E-state index contributed by atoms with van der Waals surface area (Å²) in [6.07, 6.45) is -0.111. The second-order valence-electron chi connectivity index (χ2n) is 10.8. The van der Waals surface area contributed by atoms with E-state index in [0.29, 0.717) is 5.75 Å². The highest BCUT2D eigenvalue weighted by atomic mass is 127. The molecule has 0 radical (unpaired) electrons. The van der Waals surface area contributed by atoms with Gasteiger partial charge in [-0.1, -0.05) is 102 Å². The van der Waals surface area contributed by atoms with Crippen molar-refractivity contribution in [2.75, 3.05) is 16.9 Å². The Morgan fingerprint density at radius 3 is 2.14 bits per heavy atom. The minimum atomic E-state index is -2.20. The third-order valence-corrected chi connectivity index (χ3v) is 9.43. The predicted molar refractivity (Wildman–Crippen MR) is 169 cm³/mol. The highest BCUT2D eigenvalue weighted by Gasteiger charge is 2.62. The molecule has 0 saturated carbocycles. The van der Waals surface area contributed by atoms with Gasteiger partial charge < -0.3 is 14.8 Å². The molecule has 1 aliphatic rings. The molecule has 0 spiro atoms. The molecule has 2 N–H and O–H groups in total. The Morgan fingerprint density at radius 2 is 1.60 bits per heavy atom. The van der Waals surface area contributed by atoms with Crippen molar-refractivity contribution in [2.45, 2.75) is 37.1 Å². The number of rotatable bonds is 8. The predicted octanol–water partition coefficient (Wildman–Crippen LogP) is 6.53. The van der Waals surface area contributed by atoms with Gasteiger partial charge in [-0.25, -0.2) is 13.8 Å². The average Bonchev–Trinajstić information content (AvgIpc) is 3.53. The summed E-state index contributed by atoms with van der Waals surface area (Å²) in [6, 6.07) is 27.1. The summed E-state index contributed by atoms with van der Waals surface area (Å²) < 4.78 is 44.0. The second kappa shape index (κ2) is 11.0. The molecular weight excluding hydrogens is 667 g/mol. The van der Waals surface area contributed by atoms with Crippen molar-refractivity contribution in [1.82, 2.24) is 19.5 Å². The highest BCUT2D eigenvalue weighted by molar-refractivity contribution is 14.1. The van der Waals surface area contributed by atoms with E-state index in [-0.39, 0.29) is 21.5 Å². The van der Waals surface area contributed by atoms with Gasteiger partial charge in [0.05, 0.1) is 23.8 Å². The second-order valence-corrected chi connectivity index (χ2v) is 11.6. The molecule has 43 heavy (non-hydrogen) atoms. The Hall–Kier alpha value is -3.84. The summed E-state index contributed by atoms with van der Waals surface area (Å²) >= 11 is 1.85. The van der Waals surface area contributed by atoms with Crippen molar-refractivity contribution in [3.05, 3.63) is 118 Å². The minimum Gasteiger partial charge on any atom is -0.497 e. The number of imidazole rings is 1. The molecular formula is C32H30F2IN5O3. The molecule has 3 heterocycles. The molecule has 4 atom stereocenters. The van der Waals surface area contributed by atoms with E-state index in [1.165, 1.54) is 24.7 Å². The van der Waals surface area contributed by atoms with Crippen LogP contribution in [0.15, 0.2) is 96.1 Å². The van der Waals surface area contributed by atoms with Crippen molar-refractivity contribution in [3.63, 3.8) is 0 Å². The number of hydrogen-bond donors (Lipinski definition) is 2. The van der Waals surface area contributed by atoms with Crippen LogP contribution in [-0.4, -0.2) is 42.6 Å². The lowest BCUT2D eigenvalue weighted by atomic mass is 9.77. The normalized spacial score (nSPS) is 23.9. The summed E-state index contributed by atoms with van der Waals surface area (Å²) in [5.74, 6) is -2.48. The number of H-pyrrole nitrogens is 1. The van der Waals surface area contributed by atoms with E-state index in [9.17, 15) is 4.79 Å². The fourth-order valence-electron chi connectivity index (χ4n) is 5.78. The first-order chi connectivity index (χ1) is 20.6. The molecule has 1 saturated heterocycles. The van der Waals surface area contributed by atoms with Gasteiger partial charge >= 0.3 is 0 Å². The van der Waals surface area contributed by atoms with Crippen LogP contribution >= 0.6 is 22.6 Å². The fourth-order valence-corrected chi connectivity index (χ4v) is 6.62. The number of ether oxygens (including phenoxy) is 2. The molecule has 0 unspecified atom stereocenters. The Bertz CT molecular complexity index is 1760. The van der Waals surface area contributed by atoms with Crippen molar-refractivity contribution in [1.29, 1.82) is 0 Å². The number of fused-ring (bicyclic) bond motifs is 1. The van der Waals surface area contributed by atoms with Gasteiger partial charge in [0.2, 0.25) is 11.8 Å². The molecule has 1 aliphatic heterocycles. The quantitative estimate of drug-likeness (QED) is 0.109. The van der Waals surface area contributed by atoms with Gasteiger partial charge in [0.1, 0.15) is 11.3 Å². The zero-order valence-electron chi connectivity index (χ0n) is 23.7. The monoisotopic (exact) mass is 697 g/mol. The molecule has 8 nitrogen and oxygen atoms in total. The number of aromatic nitrogens is 4. The average molecular weight is 698 g/mol. The van der Waals surface area contributed by atoms with Gasteiger partial charge in [-0.3, -0.25) is 14.3 Å². The third kappa shape index (κ3) is 4.78. The highest BCUT2D eigenvalue weighted by Crippen LogP contribution is 2.52. The maximum Gasteiger partial charge on any atom is 0.280 e. The van der Waals surface area contributed by atoms with Crippen molar-refractivity contribution >= 4 is 39.7 Å². The number of halogens is 3. The van der Waals surface area contributed by atoms with Crippen LogP contribution in [-0.2, 0) is 10.3 Å². The molecule has 6 rings (SSSR count). The number of nitrogens with zero attached hydrogens (tertiary/aromatic N) is 3. The van der Waals surface area contributed by atoms with Crippen LogP contribution in [0.25, 0.3) is 11.2 Å². The molecule has 11 heteroatoms. The number of anilines is 1. The Balaban J connectivity index is 1.55.